The van der Waals surface area contributed by atoms with Crippen molar-refractivity contribution in [2.75, 3.05) is 6.61 Å². The van der Waals surface area contributed by atoms with Crippen LogP contribution < -0.4 is 10.6 Å². The van der Waals surface area contributed by atoms with Gasteiger partial charge in [-0.05, 0) is 34.7 Å². The van der Waals surface area contributed by atoms with Crippen molar-refractivity contribution in [2.24, 2.45) is 0 Å². The maximum absolute atomic E-state index is 12.7. The highest BCUT2D eigenvalue weighted by Gasteiger charge is 2.30. The van der Waals surface area contributed by atoms with Crippen molar-refractivity contribution in [3.63, 3.8) is 0 Å². The Kier molecular flexibility index (Phi) is 6.40. The topological polar surface area (TPSA) is 105 Å². The van der Waals surface area contributed by atoms with Crippen molar-refractivity contribution in [1.29, 1.82) is 0 Å². The standard InChI is InChI=1S/C26H24N2O5/c1-16(25(30)31)27-24(29)23(17-9-3-2-4-10-17)28-26(32)33-15-22-20-13-7-5-11-18(20)19-12-6-8-14-21(19)22/h2-14,16,22-23H,15H2,1H3,(H,27,29)(H,28,32)(H,30,31)/t16-,23-/m0/s1. The lowest BCUT2D eigenvalue weighted by atomic mass is 9.98. The number of carbonyl (C=O) groups is 3. The molecule has 4 rings (SSSR count). The Bertz CT molecular complexity index is 1130. The molecule has 33 heavy (non-hydrogen) atoms. The van der Waals surface area contributed by atoms with Gasteiger partial charge < -0.3 is 20.5 Å². The van der Waals surface area contributed by atoms with Gasteiger partial charge in [-0.15, -0.1) is 0 Å². The number of hydrogen-bond donors (Lipinski definition) is 3. The number of carboxylic acids is 1. The van der Waals surface area contributed by atoms with Gasteiger partial charge in [0.1, 0.15) is 18.7 Å². The number of alkyl carbamates (subject to hydrolysis) is 1. The van der Waals surface area contributed by atoms with Crippen LogP contribution in [-0.2, 0) is 14.3 Å². The van der Waals surface area contributed by atoms with E-state index in [1.807, 2.05) is 48.5 Å². The van der Waals surface area contributed by atoms with Crippen LogP contribution in [0.25, 0.3) is 11.1 Å². The summed E-state index contributed by atoms with van der Waals surface area (Å²) in [7, 11) is 0. The quantitative estimate of drug-likeness (QED) is 0.513. The third kappa shape index (κ3) is 4.72. The van der Waals surface area contributed by atoms with Gasteiger partial charge in [-0.3, -0.25) is 9.59 Å². The van der Waals surface area contributed by atoms with Crippen LogP contribution in [-0.4, -0.2) is 35.7 Å². The lowest BCUT2D eigenvalue weighted by molar-refractivity contribution is -0.141. The van der Waals surface area contributed by atoms with Crippen molar-refractivity contribution in [3.05, 3.63) is 95.6 Å². The molecule has 0 heterocycles. The normalized spacial score (nSPS) is 13.8. The largest absolute Gasteiger partial charge is 0.480 e. The smallest absolute Gasteiger partial charge is 0.408 e. The molecule has 0 spiro atoms. The number of hydrogen-bond acceptors (Lipinski definition) is 4. The Morgan fingerprint density at radius 1 is 0.848 bits per heavy atom. The highest BCUT2D eigenvalue weighted by molar-refractivity contribution is 5.90. The van der Waals surface area contributed by atoms with Gasteiger partial charge in [0.05, 0.1) is 0 Å². The molecule has 1 aliphatic rings. The zero-order valence-corrected chi connectivity index (χ0v) is 18.0. The van der Waals surface area contributed by atoms with Crippen LogP contribution in [0, 0.1) is 0 Å². The molecule has 3 aromatic carbocycles. The molecule has 0 saturated carbocycles. The fourth-order valence-electron chi connectivity index (χ4n) is 4.06. The van der Waals surface area contributed by atoms with E-state index in [4.69, 9.17) is 9.84 Å². The molecule has 0 aliphatic heterocycles. The van der Waals surface area contributed by atoms with E-state index in [-0.39, 0.29) is 12.5 Å². The van der Waals surface area contributed by atoms with Gasteiger partial charge in [-0.25, -0.2) is 4.79 Å². The number of carboxylic acid groups (broad SMARTS) is 1. The lowest BCUT2D eigenvalue weighted by Gasteiger charge is -2.21. The lowest BCUT2D eigenvalue weighted by Crippen LogP contribution is -2.46. The summed E-state index contributed by atoms with van der Waals surface area (Å²) in [6, 6.07) is 22.4. The Hall–Kier alpha value is -4.13. The van der Waals surface area contributed by atoms with E-state index in [0.29, 0.717) is 5.56 Å². The average molecular weight is 444 g/mol. The van der Waals surface area contributed by atoms with E-state index in [2.05, 4.69) is 10.6 Å². The minimum atomic E-state index is -1.17. The van der Waals surface area contributed by atoms with Crippen molar-refractivity contribution in [2.45, 2.75) is 24.9 Å². The molecule has 3 N–H and O–H groups in total. The van der Waals surface area contributed by atoms with Crippen LogP contribution in [0.4, 0.5) is 4.79 Å². The number of rotatable bonds is 7. The van der Waals surface area contributed by atoms with E-state index in [0.717, 1.165) is 22.3 Å². The number of nitrogens with one attached hydrogen (secondary N) is 2. The maximum Gasteiger partial charge on any atom is 0.408 e. The molecule has 3 aromatic rings. The van der Waals surface area contributed by atoms with E-state index in [1.54, 1.807) is 30.3 Å². The maximum atomic E-state index is 12.7. The number of amides is 2. The minimum absolute atomic E-state index is 0.106. The predicted octanol–water partition coefficient (Wildman–Crippen LogP) is 3.86. The van der Waals surface area contributed by atoms with Crippen LogP contribution >= 0.6 is 0 Å². The number of fused-ring (bicyclic) bond motifs is 3. The Morgan fingerprint density at radius 2 is 1.39 bits per heavy atom. The van der Waals surface area contributed by atoms with E-state index >= 15 is 0 Å². The first-order chi connectivity index (χ1) is 16.0. The molecule has 0 saturated heterocycles. The zero-order valence-electron chi connectivity index (χ0n) is 18.0. The molecular formula is C26H24N2O5. The summed E-state index contributed by atoms with van der Waals surface area (Å²) in [4.78, 5) is 36.6. The van der Waals surface area contributed by atoms with Gasteiger partial charge in [-0.2, -0.15) is 0 Å². The molecule has 2 amide bonds. The SMILES string of the molecule is C[C@H](NC(=O)[C@@H](NC(=O)OCC1c2ccccc2-c2ccccc21)c1ccccc1)C(=O)O. The summed E-state index contributed by atoms with van der Waals surface area (Å²) >= 11 is 0. The van der Waals surface area contributed by atoms with Crippen LogP contribution in [0.15, 0.2) is 78.9 Å². The number of benzene rings is 3. The van der Waals surface area contributed by atoms with Crippen LogP contribution in [0.3, 0.4) is 0 Å². The third-order valence-electron chi connectivity index (χ3n) is 5.73. The second kappa shape index (κ2) is 9.56. The summed E-state index contributed by atoms with van der Waals surface area (Å²) in [5, 5.41) is 14.1. The molecule has 7 heteroatoms. The molecule has 0 bridgehead atoms. The Morgan fingerprint density at radius 3 is 1.97 bits per heavy atom. The number of ether oxygens (including phenoxy) is 1. The second-order valence-electron chi connectivity index (χ2n) is 7.88. The Balaban J connectivity index is 1.48. The fraction of sp³-hybridized carbons (Fsp3) is 0.192. The van der Waals surface area contributed by atoms with Crippen LogP contribution in [0.1, 0.15) is 35.6 Å². The van der Waals surface area contributed by atoms with Crippen molar-refractivity contribution < 1.29 is 24.2 Å². The van der Waals surface area contributed by atoms with Crippen molar-refractivity contribution in [1.82, 2.24) is 10.6 Å². The molecule has 0 unspecified atom stereocenters. The Labute approximate surface area is 191 Å². The minimum Gasteiger partial charge on any atom is -0.480 e. The highest BCUT2D eigenvalue weighted by atomic mass is 16.5. The number of carbonyl (C=O) groups excluding carboxylic acids is 2. The second-order valence-corrected chi connectivity index (χ2v) is 7.88. The number of aliphatic carboxylic acids is 1. The molecule has 0 fully saturated rings. The first-order valence-electron chi connectivity index (χ1n) is 10.7. The van der Waals surface area contributed by atoms with Gasteiger partial charge >= 0.3 is 12.1 Å². The third-order valence-corrected chi connectivity index (χ3v) is 5.73. The highest BCUT2D eigenvalue weighted by Crippen LogP contribution is 2.44. The molecule has 0 radical (unpaired) electrons. The average Bonchev–Trinajstić information content (AvgIpc) is 3.15. The molecule has 0 aromatic heterocycles. The van der Waals surface area contributed by atoms with Crippen molar-refractivity contribution in [3.8, 4) is 11.1 Å². The van der Waals surface area contributed by atoms with Gasteiger partial charge in [0.2, 0.25) is 5.91 Å². The zero-order chi connectivity index (χ0) is 23.4. The molecule has 168 valence electrons. The van der Waals surface area contributed by atoms with Crippen LogP contribution in [0.2, 0.25) is 0 Å². The molecular weight excluding hydrogens is 420 g/mol. The van der Waals surface area contributed by atoms with Gasteiger partial charge in [0, 0.05) is 5.92 Å². The first-order valence-corrected chi connectivity index (χ1v) is 10.7. The predicted molar refractivity (Wildman–Crippen MR) is 123 cm³/mol. The summed E-state index contributed by atoms with van der Waals surface area (Å²) in [6.45, 7) is 1.46. The molecule has 1 aliphatic carbocycles. The summed E-state index contributed by atoms with van der Waals surface area (Å²) < 4.78 is 5.55. The van der Waals surface area contributed by atoms with Gasteiger partial charge in [-0.1, -0.05) is 78.9 Å². The summed E-state index contributed by atoms with van der Waals surface area (Å²) in [6.07, 6.45) is -0.760. The molecule has 2 atom stereocenters. The van der Waals surface area contributed by atoms with E-state index < -0.39 is 30.1 Å². The van der Waals surface area contributed by atoms with E-state index in [9.17, 15) is 14.4 Å². The van der Waals surface area contributed by atoms with Gasteiger partial charge in [0.15, 0.2) is 0 Å². The first kappa shape index (κ1) is 22.1. The van der Waals surface area contributed by atoms with E-state index in [1.165, 1.54) is 6.92 Å². The molecule has 7 nitrogen and oxygen atoms in total. The summed E-state index contributed by atoms with van der Waals surface area (Å²) in [5.74, 6) is -1.92. The monoisotopic (exact) mass is 444 g/mol. The van der Waals surface area contributed by atoms with Crippen molar-refractivity contribution >= 4 is 18.0 Å². The summed E-state index contributed by atoms with van der Waals surface area (Å²) in [5.41, 5.74) is 4.91. The van der Waals surface area contributed by atoms with Gasteiger partial charge in [0.25, 0.3) is 0 Å². The van der Waals surface area contributed by atoms with Crippen LogP contribution in [0.5, 0.6) is 0 Å². The fourth-order valence-corrected chi connectivity index (χ4v) is 4.06.